The highest BCUT2D eigenvalue weighted by Gasteiger charge is 2.28. The van der Waals surface area contributed by atoms with E-state index in [9.17, 15) is 9.59 Å². The van der Waals surface area contributed by atoms with Crippen LogP contribution < -0.4 is 5.32 Å². The molecule has 1 fully saturated rings. The van der Waals surface area contributed by atoms with Crippen molar-refractivity contribution >= 4 is 12.0 Å². The minimum Gasteiger partial charge on any atom is -0.481 e. The van der Waals surface area contributed by atoms with Crippen molar-refractivity contribution in [2.75, 3.05) is 33.9 Å². The number of aliphatic carboxylic acids is 1. The van der Waals surface area contributed by atoms with Crippen molar-refractivity contribution in [2.45, 2.75) is 37.8 Å². The highest BCUT2D eigenvalue weighted by atomic mass is 16.5. The Labute approximate surface area is 119 Å². The highest BCUT2D eigenvalue weighted by Crippen LogP contribution is 2.19. The van der Waals surface area contributed by atoms with Crippen molar-refractivity contribution in [1.82, 2.24) is 10.2 Å². The van der Waals surface area contributed by atoms with Crippen LogP contribution in [0.25, 0.3) is 0 Å². The Morgan fingerprint density at radius 2 is 2.15 bits per heavy atom. The average molecular weight is 288 g/mol. The quantitative estimate of drug-likeness (QED) is 0.719. The maximum absolute atomic E-state index is 12.1. The van der Waals surface area contributed by atoms with Gasteiger partial charge in [-0.2, -0.15) is 0 Å². The van der Waals surface area contributed by atoms with Crippen molar-refractivity contribution in [1.29, 1.82) is 0 Å². The number of carbonyl (C=O) groups is 2. The second-order valence-corrected chi connectivity index (χ2v) is 4.94. The maximum Gasteiger partial charge on any atom is 0.317 e. The van der Waals surface area contributed by atoms with Gasteiger partial charge < -0.3 is 24.8 Å². The molecule has 1 rings (SSSR count). The van der Waals surface area contributed by atoms with Crippen molar-refractivity contribution in [3.8, 4) is 0 Å². The van der Waals surface area contributed by atoms with E-state index in [2.05, 4.69) is 5.32 Å². The number of urea groups is 1. The number of hydrogen-bond acceptors (Lipinski definition) is 4. The van der Waals surface area contributed by atoms with Gasteiger partial charge in [-0.3, -0.25) is 4.79 Å². The van der Waals surface area contributed by atoms with E-state index in [0.717, 1.165) is 19.3 Å². The first-order valence-corrected chi connectivity index (χ1v) is 6.86. The smallest absolute Gasteiger partial charge is 0.317 e. The molecule has 2 N–H and O–H groups in total. The number of nitrogens with one attached hydrogen (secondary N) is 1. The molecule has 7 heteroatoms. The number of methoxy groups -OCH3 is 2. The van der Waals surface area contributed by atoms with E-state index in [1.807, 2.05) is 0 Å². The Hall–Kier alpha value is -1.34. The van der Waals surface area contributed by atoms with Crippen LogP contribution in [-0.2, 0) is 14.3 Å². The molecular weight excluding hydrogens is 264 g/mol. The summed E-state index contributed by atoms with van der Waals surface area (Å²) >= 11 is 0. The zero-order chi connectivity index (χ0) is 15.0. The summed E-state index contributed by atoms with van der Waals surface area (Å²) in [6.45, 7) is 1.35. The molecule has 2 unspecified atom stereocenters. The minimum atomic E-state index is -0.871. The molecule has 0 aromatic rings. The van der Waals surface area contributed by atoms with Crippen LogP contribution >= 0.6 is 0 Å². The van der Waals surface area contributed by atoms with E-state index in [-0.39, 0.29) is 24.6 Å². The molecule has 116 valence electrons. The summed E-state index contributed by atoms with van der Waals surface area (Å²) in [5.74, 6) is -0.871. The number of carbonyl (C=O) groups excluding carboxylic acids is 1. The third-order valence-corrected chi connectivity index (χ3v) is 3.47. The summed E-state index contributed by atoms with van der Waals surface area (Å²) in [6.07, 6.45) is 2.42. The molecule has 0 aromatic carbocycles. The van der Waals surface area contributed by atoms with Gasteiger partial charge in [0, 0.05) is 33.4 Å². The lowest BCUT2D eigenvalue weighted by atomic mass is 10.00. The van der Waals surface area contributed by atoms with Gasteiger partial charge in [0.25, 0.3) is 0 Å². The first-order chi connectivity index (χ1) is 9.58. The van der Waals surface area contributed by atoms with Crippen LogP contribution in [0.3, 0.4) is 0 Å². The Kier molecular flexibility index (Phi) is 7.32. The van der Waals surface area contributed by atoms with E-state index in [1.165, 1.54) is 0 Å². The SMILES string of the molecule is COCC(CNC(=O)N1CCCCC1CC(=O)O)OC. The molecule has 1 aliphatic heterocycles. The van der Waals surface area contributed by atoms with Gasteiger partial charge in [0.1, 0.15) is 0 Å². The van der Waals surface area contributed by atoms with Crippen LogP contribution in [0.2, 0.25) is 0 Å². The van der Waals surface area contributed by atoms with Crippen LogP contribution in [-0.4, -0.2) is 68.1 Å². The Bertz CT molecular complexity index is 324. The fraction of sp³-hybridized carbons (Fsp3) is 0.846. The molecule has 1 heterocycles. The third kappa shape index (κ3) is 5.34. The van der Waals surface area contributed by atoms with Crippen LogP contribution in [0.1, 0.15) is 25.7 Å². The lowest BCUT2D eigenvalue weighted by Crippen LogP contribution is -2.51. The molecule has 7 nitrogen and oxygen atoms in total. The van der Waals surface area contributed by atoms with E-state index in [0.29, 0.717) is 19.7 Å². The topological polar surface area (TPSA) is 88.1 Å². The molecular formula is C13H24N2O5. The summed E-state index contributed by atoms with van der Waals surface area (Å²) in [6, 6.07) is -0.446. The van der Waals surface area contributed by atoms with Crippen LogP contribution in [0, 0.1) is 0 Å². The predicted molar refractivity (Wildman–Crippen MR) is 72.7 cm³/mol. The number of carboxylic acids is 1. The van der Waals surface area contributed by atoms with Gasteiger partial charge in [0.15, 0.2) is 0 Å². The van der Waals surface area contributed by atoms with Gasteiger partial charge >= 0.3 is 12.0 Å². The second kappa shape index (κ2) is 8.76. The normalized spacial score (nSPS) is 20.5. The number of likely N-dealkylation sites (tertiary alicyclic amines) is 1. The minimum absolute atomic E-state index is 0.000796. The van der Waals surface area contributed by atoms with E-state index in [4.69, 9.17) is 14.6 Å². The highest BCUT2D eigenvalue weighted by molar-refractivity contribution is 5.76. The Balaban J connectivity index is 2.48. The lowest BCUT2D eigenvalue weighted by molar-refractivity contribution is -0.138. The number of piperidine rings is 1. The summed E-state index contributed by atoms with van der Waals surface area (Å²) in [7, 11) is 3.13. The van der Waals surface area contributed by atoms with Crippen LogP contribution in [0.4, 0.5) is 4.79 Å². The zero-order valence-electron chi connectivity index (χ0n) is 12.1. The van der Waals surface area contributed by atoms with Crippen molar-refractivity contribution in [2.24, 2.45) is 0 Å². The molecule has 0 aromatic heterocycles. The first kappa shape index (κ1) is 16.7. The Morgan fingerprint density at radius 3 is 2.75 bits per heavy atom. The molecule has 1 saturated heterocycles. The molecule has 0 saturated carbocycles. The first-order valence-electron chi connectivity index (χ1n) is 6.86. The lowest BCUT2D eigenvalue weighted by Gasteiger charge is -2.35. The van der Waals surface area contributed by atoms with Gasteiger partial charge in [-0.25, -0.2) is 4.79 Å². The van der Waals surface area contributed by atoms with Gasteiger partial charge in [-0.15, -0.1) is 0 Å². The predicted octanol–water partition coefficient (Wildman–Crippen LogP) is 0.687. The summed E-state index contributed by atoms with van der Waals surface area (Å²) < 4.78 is 10.1. The zero-order valence-corrected chi connectivity index (χ0v) is 12.1. The van der Waals surface area contributed by atoms with E-state index < -0.39 is 5.97 Å². The summed E-state index contributed by atoms with van der Waals surface area (Å²) in [5, 5.41) is 11.7. The molecule has 0 radical (unpaired) electrons. The molecule has 0 spiro atoms. The summed E-state index contributed by atoms with van der Waals surface area (Å²) in [4.78, 5) is 24.6. The molecule has 20 heavy (non-hydrogen) atoms. The molecule has 0 bridgehead atoms. The van der Waals surface area contributed by atoms with Crippen LogP contribution in [0.5, 0.6) is 0 Å². The largest absolute Gasteiger partial charge is 0.481 e. The number of hydrogen-bond donors (Lipinski definition) is 2. The number of ether oxygens (including phenoxy) is 2. The van der Waals surface area contributed by atoms with Crippen molar-refractivity contribution in [3.05, 3.63) is 0 Å². The van der Waals surface area contributed by atoms with Crippen molar-refractivity contribution < 1.29 is 24.2 Å². The average Bonchev–Trinajstić information content (AvgIpc) is 2.43. The number of carboxylic acid groups (broad SMARTS) is 1. The number of nitrogens with zero attached hydrogens (tertiary/aromatic N) is 1. The fourth-order valence-corrected chi connectivity index (χ4v) is 2.38. The second-order valence-electron chi connectivity index (χ2n) is 4.94. The van der Waals surface area contributed by atoms with Gasteiger partial charge in [0.05, 0.1) is 19.1 Å². The van der Waals surface area contributed by atoms with Gasteiger partial charge in [-0.05, 0) is 19.3 Å². The summed E-state index contributed by atoms with van der Waals surface area (Å²) in [5.41, 5.74) is 0. The molecule has 2 amide bonds. The number of rotatable bonds is 7. The van der Waals surface area contributed by atoms with E-state index >= 15 is 0 Å². The maximum atomic E-state index is 12.1. The van der Waals surface area contributed by atoms with Gasteiger partial charge in [-0.1, -0.05) is 0 Å². The standard InChI is InChI=1S/C13H24N2O5/c1-19-9-11(20-2)8-14-13(18)15-6-4-3-5-10(15)7-12(16)17/h10-11H,3-9H2,1-2H3,(H,14,18)(H,16,17). The molecule has 2 atom stereocenters. The fourth-order valence-electron chi connectivity index (χ4n) is 2.38. The van der Waals surface area contributed by atoms with Crippen molar-refractivity contribution in [3.63, 3.8) is 0 Å². The Morgan fingerprint density at radius 1 is 1.40 bits per heavy atom. The van der Waals surface area contributed by atoms with E-state index in [1.54, 1.807) is 19.1 Å². The molecule has 0 aliphatic carbocycles. The number of amides is 2. The van der Waals surface area contributed by atoms with Crippen LogP contribution in [0.15, 0.2) is 0 Å². The third-order valence-electron chi connectivity index (χ3n) is 3.47. The monoisotopic (exact) mass is 288 g/mol. The molecule has 1 aliphatic rings. The van der Waals surface area contributed by atoms with Gasteiger partial charge in [0.2, 0.25) is 0 Å².